The SMILES string of the molecule is COCCN1CCC(C)(C)c2ccc(-c3ccc(C(C)(F)F)cc3)cc2C1. The first-order chi connectivity index (χ1) is 12.7. The highest BCUT2D eigenvalue weighted by atomic mass is 19.3. The Hall–Kier alpha value is -1.78. The Balaban J connectivity index is 1.93. The van der Waals surface area contributed by atoms with Crippen molar-refractivity contribution in [3.63, 3.8) is 0 Å². The largest absolute Gasteiger partial charge is 0.383 e. The molecule has 0 fully saturated rings. The second-order valence-electron chi connectivity index (χ2n) is 8.24. The van der Waals surface area contributed by atoms with Crippen LogP contribution in [0.15, 0.2) is 42.5 Å². The monoisotopic (exact) mass is 373 g/mol. The number of nitrogens with zero attached hydrogens (tertiary/aromatic N) is 1. The zero-order valence-corrected chi connectivity index (χ0v) is 16.7. The highest BCUT2D eigenvalue weighted by Gasteiger charge is 2.29. The van der Waals surface area contributed by atoms with Gasteiger partial charge >= 0.3 is 0 Å². The Labute approximate surface area is 161 Å². The average Bonchev–Trinajstić information content (AvgIpc) is 2.75. The molecule has 2 nitrogen and oxygen atoms in total. The van der Waals surface area contributed by atoms with E-state index in [1.54, 1.807) is 19.2 Å². The molecular formula is C23H29F2NO. The standard InChI is InChI=1S/C23H29F2NO/c1-22(2)11-12-26(13-14-27-4)16-19-15-18(7-10-21(19)22)17-5-8-20(9-6-17)23(3,24)25/h5-10,15H,11-14,16H2,1-4H3. The van der Waals surface area contributed by atoms with Crippen LogP contribution in [-0.4, -0.2) is 31.7 Å². The number of hydrogen-bond donors (Lipinski definition) is 0. The maximum absolute atomic E-state index is 13.5. The van der Waals surface area contributed by atoms with Gasteiger partial charge in [0.2, 0.25) is 0 Å². The molecule has 1 heterocycles. The Kier molecular flexibility index (Phi) is 5.68. The summed E-state index contributed by atoms with van der Waals surface area (Å²) in [7, 11) is 1.73. The van der Waals surface area contributed by atoms with Crippen LogP contribution in [0.2, 0.25) is 0 Å². The number of halogens is 2. The predicted octanol–water partition coefficient (Wildman–Crippen LogP) is 5.60. The second-order valence-corrected chi connectivity index (χ2v) is 8.24. The summed E-state index contributed by atoms with van der Waals surface area (Å²) < 4.78 is 32.2. The molecule has 0 N–H and O–H groups in total. The van der Waals surface area contributed by atoms with E-state index in [0.717, 1.165) is 50.7 Å². The van der Waals surface area contributed by atoms with Crippen molar-refractivity contribution in [3.8, 4) is 11.1 Å². The van der Waals surface area contributed by atoms with Gasteiger partial charge in [0.1, 0.15) is 0 Å². The fraction of sp³-hybridized carbons (Fsp3) is 0.478. The molecule has 0 atom stereocenters. The Morgan fingerprint density at radius 3 is 2.37 bits per heavy atom. The second kappa shape index (κ2) is 7.69. The van der Waals surface area contributed by atoms with E-state index in [2.05, 4.69) is 36.9 Å². The smallest absolute Gasteiger partial charge is 0.270 e. The van der Waals surface area contributed by atoms with Gasteiger partial charge in [-0.25, -0.2) is 8.78 Å². The van der Waals surface area contributed by atoms with E-state index in [0.29, 0.717) is 0 Å². The average molecular weight is 373 g/mol. The summed E-state index contributed by atoms with van der Waals surface area (Å²) in [6.07, 6.45) is 1.10. The lowest BCUT2D eigenvalue weighted by atomic mass is 9.79. The maximum Gasteiger partial charge on any atom is 0.270 e. The van der Waals surface area contributed by atoms with Crippen LogP contribution in [0.25, 0.3) is 11.1 Å². The molecule has 2 aromatic carbocycles. The molecule has 0 saturated carbocycles. The minimum Gasteiger partial charge on any atom is -0.383 e. The van der Waals surface area contributed by atoms with E-state index in [9.17, 15) is 8.78 Å². The van der Waals surface area contributed by atoms with Gasteiger partial charge in [-0.1, -0.05) is 50.2 Å². The molecule has 1 aliphatic heterocycles. The van der Waals surface area contributed by atoms with E-state index in [1.807, 2.05) is 0 Å². The van der Waals surface area contributed by atoms with Gasteiger partial charge in [0.25, 0.3) is 5.92 Å². The van der Waals surface area contributed by atoms with Gasteiger partial charge < -0.3 is 4.74 Å². The van der Waals surface area contributed by atoms with Gasteiger partial charge in [-0.3, -0.25) is 4.90 Å². The van der Waals surface area contributed by atoms with E-state index in [-0.39, 0.29) is 11.0 Å². The summed E-state index contributed by atoms with van der Waals surface area (Å²) in [4.78, 5) is 2.43. The normalized spacial score (nSPS) is 17.4. The molecule has 0 bridgehead atoms. The van der Waals surface area contributed by atoms with Crippen molar-refractivity contribution in [1.29, 1.82) is 0 Å². The molecule has 1 aliphatic rings. The molecule has 3 rings (SSSR count). The molecule has 0 aromatic heterocycles. The third-order valence-corrected chi connectivity index (χ3v) is 5.62. The summed E-state index contributed by atoms with van der Waals surface area (Å²) in [5.74, 6) is -2.81. The van der Waals surface area contributed by atoms with Crippen LogP contribution in [0.1, 0.15) is 43.9 Å². The van der Waals surface area contributed by atoms with Crippen LogP contribution >= 0.6 is 0 Å². The molecule has 0 radical (unpaired) electrons. The minimum absolute atomic E-state index is 0.0490. The molecule has 0 spiro atoms. The zero-order valence-electron chi connectivity index (χ0n) is 16.7. The third-order valence-electron chi connectivity index (χ3n) is 5.62. The molecule has 0 aliphatic carbocycles. The van der Waals surface area contributed by atoms with Crippen molar-refractivity contribution < 1.29 is 13.5 Å². The summed E-state index contributed by atoms with van der Waals surface area (Å²) in [6, 6.07) is 13.2. The quantitative estimate of drug-likeness (QED) is 0.677. The van der Waals surface area contributed by atoms with Crippen LogP contribution in [0, 0.1) is 0 Å². The fourth-order valence-electron chi connectivity index (χ4n) is 3.82. The molecule has 27 heavy (non-hydrogen) atoms. The number of hydrogen-bond acceptors (Lipinski definition) is 2. The summed E-state index contributed by atoms with van der Waals surface area (Å²) in [6.45, 7) is 9.09. The summed E-state index contributed by atoms with van der Waals surface area (Å²) in [5, 5.41) is 0. The van der Waals surface area contributed by atoms with Crippen molar-refractivity contribution in [2.75, 3.05) is 26.8 Å². The van der Waals surface area contributed by atoms with Crippen molar-refractivity contribution in [1.82, 2.24) is 4.90 Å². The highest BCUT2D eigenvalue weighted by molar-refractivity contribution is 5.66. The summed E-state index contributed by atoms with van der Waals surface area (Å²) >= 11 is 0. The Morgan fingerprint density at radius 1 is 1.07 bits per heavy atom. The number of methoxy groups -OCH3 is 1. The predicted molar refractivity (Wildman–Crippen MR) is 106 cm³/mol. The topological polar surface area (TPSA) is 12.5 Å². The van der Waals surface area contributed by atoms with E-state index < -0.39 is 5.92 Å². The van der Waals surface area contributed by atoms with Crippen molar-refractivity contribution in [2.24, 2.45) is 0 Å². The van der Waals surface area contributed by atoms with Crippen LogP contribution in [-0.2, 0) is 22.6 Å². The molecule has 4 heteroatoms. The Morgan fingerprint density at radius 2 is 1.74 bits per heavy atom. The fourth-order valence-corrected chi connectivity index (χ4v) is 3.82. The molecule has 0 unspecified atom stereocenters. The summed E-state index contributed by atoms with van der Waals surface area (Å²) in [5.41, 5.74) is 4.90. The first-order valence-electron chi connectivity index (χ1n) is 9.54. The number of alkyl halides is 2. The third kappa shape index (κ3) is 4.56. The van der Waals surface area contributed by atoms with Crippen molar-refractivity contribution in [3.05, 3.63) is 59.2 Å². The van der Waals surface area contributed by atoms with E-state index in [4.69, 9.17) is 4.74 Å². The minimum atomic E-state index is -2.81. The first-order valence-corrected chi connectivity index (χ1v) is 9.54. The molecule has 0 saturated heterocycles. The number of ether oxygens (including phenoxy) is 1. The van der Waals surface area contributed by atoms with Crippen molar-refractivity contribution in [2.45, 2.75) is 45.1 Å². The maximum atomic E-state index is 13.5. The molecule has 0 amide bonds. The molecule has 146 valence electrons. The number of benzene rings is 2. The van der Waals surface area contributed by atoms with E-state index in [1.165, 1.54) is 23.3 Å². The van der Waals surface area contributed by atoms with Gasteiger partial charge in [-0.2, -0.15) is 0 Å². The lowest BCUT2D eigenvalue weighted by molar-refractivity contribution is 0.0175. The van der Waals surface area contributed by atoms with E-state index >= 15 is 0 Å². The Bertz CT molecular complexity index is 778. The lowest BCUT2D eigenvalue weighted by Crippen LogP contribution is -2.28. The first kappa shape index (κ1) is 20.0. The van der Waals surface area contributed by atoms with Crippen LogP contribution < -0.4 is 0 Å². The zero-order chi connectivity index (χ0) is 19.7. The number of fused-ring (bicyclic) bond motifs is 1. The number of rotatable bonds is 5. The van der Waals surface area contributed by atoms with Crippen LogP contribution in [0.3, 0.4) is 0 Å². The lowest BCUT2D eigenvalue weighted by Gasteiger charge is -2.25. The van der Waals surface area contributed by atoms with Gasteiger partial charge in [-0.05, 0) is 46.7 Å². The molecule has 2 aromatic rings. The van der Waals surface area contributed by atoms with Gasteiger partial charge in [0.05, 0.1) is 6.61 Å². The highest BCUT2D eigenvalue weighted by Crippen LogP contribution is 2.36. The van der Waals surface area contributed by atoms with Crippen LogP contribution in [0.4, 0.5) is 8.78 Å². The molecular weight excluding hydrogens is 344 g/mol. The van der Waals surface area contributed by atoms with Crippen molar-refractivity contribution >= 4 is 0 Å². The van der Waals surface area contributed by atoms with Crippen LogP contribution in [0.5, 0.6) is 0 Å². The van der Waals surface area contributed by atoms with Gasteiger partial charge in [-0.15, -0.1) is 0 Å². The van der Waals surface area contributed by atoms with Gasteiger partial charge in [0.15, 0.2) is 0 Å². The van der Waals surface area contributed by atoms with Gasteiger partial charge in [0, 0.05) is 32.7 Å².